The molecule has 0 radical (unpaired) electrons. The molecule has 7 nitrogen and oxygen atoms in total. The summed E-state index contributed by atoms with van der Waals surface area (Å²) in [5.41, 5.74) is 2.79. The van der Waals surface area contributed by atoms with Crippen molar-refractivity contribution < 1.29 is 19.3 Å². The predicted octanol–water partition coefficient (Wildman–Crippen LogP) is 0.605. The summed E-state index contributed by atoms with van der Waals surface area (Å²) in [6, 6.07) is 7.50. The second-order valence-corrected chi connectivity index (χ2v) is 6.55. The van der Waals surface area contributed by atoms with Crippen LogP contribution in [0.2, 0.25) is 0 Å². The molecule has 142 valence electrons. The van der Waals surface area contributed by atoms with Crippen LogP contribution in [0, 0.1) is 5.92 Å². The summed E-state index contributed by atoms with van der Waals surface area (Å²) in [6.45, 7) is 2.56. The van der Waals surface area contributed by atoms with Crippen molar-refractivity contribution in [3.05, 3.63) is 41.6 Å². The van der Waals surface area contributed by atoms with Gasteiger partial charge in [-0.25, -0.2) is 14.7 Å². The molecular weight excluding hydrogens is 344 g/mol. The Bertz CT molecular complexity index is 857. The minimum Gasteiger partial charge on any atom is -0.496 e. The van der Waals surface area contributed by atoms with E-state index in [0.717, 1.165) is 33.9 Å². The van der Waals surface area contributed by atoms with Crippen LogP contribution in [0.5, 0.6) is 5.75 Å². The van der Waals surface area contributed by atoms with Gasteiger partial charge in [-0.2, -0.15) is 4.90 Å². The average molecular weight is 369 g/mol. The number of para-hydroxylation sites is 1. The van der Waals surface area contributed by atoms with Gasteiger partial charge in [-0.1, -0.05) is 25.1 Å². The van der Waals surface area contributed by atoms with Crippen molar-refractivity contribution in [3.8, 4) is 5.75 Å². The second kappa shape index (κ2) is 7.73. The fourth-order valence-electron chi connectivity index (χ4n) is 3.46. The number of benzene rings is 1. The largest absolute Gasteiger partial charge is 0.496 e. The Balaban J connectivity index is 1.89. The summed E-state index contributed by atoms with van der Waals surface area (Å²) in [5.74, 6) is 0.572. The number of ether oxygens (including phenoxy) is 1. The predicted molar refractivity (Wildman–Crippen MR) is 103 cm³/mol. The van der Waals surface area contributed by atoms with Gasteiger partial charge in [-0.05, 0) is 24.5 Å². The zero-order chi connectivity index (χ0) is 19.6. The molecule has 2 heterocycles. The highest BCUT2D eigenvalue weighted by Gasteiger charge is 2.50. The SMILES string of the molecule is CCC1=C[NH+]=C2C(C(=O)N(C)C(=O)N2C)C1=NCCc1ccccc1OC. The molecule has 1 fully saturated rings. The van der Waals surface area contributed by atoms with Gasteiger partial charge in [0.2, 0.25) is 0 Å². The quantitative estimate of drug-likeness (QED) is 0.826. The van der Waals surface area contributed by atoms with Crippen molar-refractivity contribution in [1.82, 2.24) is 9.80 Å². The van der Waals surface area contributed by atoms with Crippen LogP contribution in [0.15, 0.2) is 41.0 Å². The van der Waals surface area contributed by atoms with Gasteiger partial charge in [0.25, 0.3) is 11.7 Å². The highest BCUT2D eigenvalue weighted by Crippen LogP contribution is 2.23. The highest BCUT2D eigenvalue weighted by atomic mass is 16.5. The zero-order valence-corrected chi connectivity index (χ0v) is 16.2. The van der Waals surface area contributed by atoms with Gasteiger partial charge in [0, 0.05) is 19.2 Å². The van der Waals surface area contributed by atoms with Crippen LogP contribution in [0.3, 0.4) is 0 Å². The van der Waals surface area contributed by atoms with E-state index in [1.165, 1.54) is 11.9 Å². The highest BCUT2D eigenvalue weighted by molar-refractivity contribution is 6.31. The van der Waals surface area contributed by atoms with Crippen LogP contribution in [0.25, 0.3) is 0 Å². The van der Waals surface area contributed by atoms with Crippen molar-refractivity contribution in [2.24, 2.45) is 10.9 Å². The molecule has 2 aliphatic heterocycles. The number of imide groups is 1. The number of amidine groups is 1. The summed E-state index contributed by atoms with van der Waals surface area (Å²) in [5, 5.41) is 0. The number of nitrogens with one attached hydrogen (secondary N) is 1. The standard InChI is InChI=1S/C20H24N4O3/c1-5-13-12-22-18-16(19(25)24(3)20(26)23(18)2)17(13)21-11-10-14-8-6-7-9-15(14)27-4/h6-9,12,16H,5,10-11H2,1-4H3/p+1. The summed E-state index contributed by atoms with van der Waals surface area (Å²) < 4.78 is 5.39. The van der Waals surface area contributed by atoms with Crippen LogP contribution in [-0.2, 0) is 11.2 Å². The minimum absolute atomic E-state index is 0.254. The Morgan fingerprint density at radius 1 is 1.19 bits per heavy atom. The number of amides is 3. The summed E-state index contributed by atoms with van der Waals surface area (Å²) in [6.07, 6.45) is 3.30. The molecule has 1 atom stereocenters. The van der Waals surface area contributed by atoms with Gasteiger partial charge in [0.1, 0.15) is 5.75 Å². The summed E-state index contributed by atoms with van der Waals surface area (Å²) >= 11 is 0. The van der Waals surface area contributed by atoms with Crippen molar-refractivity contribution in [1.29, 1.82) is 0 Å². The van der Waals surface area contributed by atoms with E-state index in [9.17, 15) is 9.59 Å². The molecule has 1 unspecified atom stereocenters. The number of carbonyl (C=O) groups is 2. The van der Waals surface area contributed by atoms with Crippen LogP contribution >= 0.6 is 0 Å². The fraction of sp³-hybridized carbons (Fsp3) is 0.400. The second-order valence-electron chi connectivity index (χ2n) is 6.55. The molecule has 27 heavy (non-hydrogen) atoms. The molecule has 0 aromatic heterocycles. The first-order valence-corrected chi connectivity index (χ1v) is 9.03. The first-order chi connectivity index (χ1) is 13.0. The van der Waals surface area contributed by atoms with Gasteiger partial charge in [-0.3, -0.25) is 9.79 Å². The molecular formula is C20H25N4O3+. The minimum atomic E-state index is -0.574. The molecule has 1 N–H and O–H groups in total. The van der Waals surface area contributed by atoms with E-state index in [4.69, 9.17) is 9.73 Å². The number of hydrogen-bond acceptors (Lipinski definition) is 4. The number of nitrogens with zero attached hydrogens (tertiary/aromatic N) is 3. The number of urea groups is 1. The van der Waals surface area contributed by atoms with Gasteiger partial charge in [-0.15, -0.1) is 0 Å². The van der Waals surface area contributed by atoms with Gasteiger partial charge in [0.05, 0.1) is 26.1 Å². The van der Waals surface area contributed by atoms with Crippen molar-refractivity contribution in [2.45, 2.75) is 19.8 Å². The Labute approximate surface area is 159 Å². The molecule has 3 amide bonds. The molecule has 0 bridgehead atoms. The lowest BCUT2D eigenvalue weighted by Crippen LogP contribution is -2.80. The van der Waals surface area contributed by atoms with Crippen LogP contribution in [0.4, 0.5) is 4.79 Å². The van der Waals surface area contributed by atoms with E-state index in [1.54, 1.807) is 14.2 Å². The lowest BCUT2D eigenvalue weighted by atomic mass is 9.89. The molecule has 7 heteroatoms. The Kier molecular flexibility index (Phi) is 5.39. The van der Waals surface area contributed by atoms with Crippen LogP contribution in [0.1, 0.15) is 18.9 Å². The number of aliphatic imine (C=N–C) groups is 1. The van der Waals surface area contributed by atoms with E-state index in [0.29, 0.717) is 18.8 Å². The van der Waals surface area contributed by atoms with E-state index in [-0.39, 0.29) is 11.9 Å². The third-order valence-electron chi connectivity index (χ3n) is 5.02. The third-order valence-corrected chi connectivity index (χ3v) is 5.02. The number of rotatable bonds is 5. The first-order valence-electron chi connectivity index (χ1n) is 9.03. The number of fused-ring (bicyclic) bond motifs is 1. The average Bonchev–Trinajstić information content (AvgIpc) is 2.70. The molecule has 1 saturated heterocycles. The monoisotopic (exact) mass is 369 g/mol. The normalized spacial score (nSPS) is 21.2. The van der Waals surface area contributed by atoms with Gasteiger partial charge >= 0.3 is 6.03 Å². The van der Waals surface area contributed by atoms with Gasteiger partial charge in [0.15, 0.2) is 5.92 Å². The number of hydrogen-bond donors (Lipinski definition) is 1. The molecule has 1 aromatic rings. The van der Waals surface area contributed by atoms with E-state index in [1.807, 2.05) is 37.4 Å². The zero-order valence-electron chi connectivity index (χ0n) is 16.2. The van der Waals surface area contributed by atoms with E-state index < -0.39 is 5.92 Å². The summed E-state index contributed by atoms with van der Waals surface area (Å²) in [7, 11) is 4.83. The maximum Gasteiger partial charge on any atom is 0.417 e. The van der Waals surface area contributed by atoms with Gasteiger partial charge < -0.3 is 4.74 Å². The Morgan fingerprint density at radius 3 is 2.63 bits per heavy atom. The molecule has 0 spiro atoms. The van der Waals surface area contributed by atoms with Crippen molar-refractivity contribution in [2.75, 3.05) is 27.7 Å². The van der Waals surface area contributed by atoms with Crippen molar-refractivity contribution in [3.63, 3.8) is 0 Å². The molecule has 3 rings (SSSR count). The van der Waals surface area contributed by atoms with Crippen molar-refractivity contribution >= 4 is 23.5 Å². The molecule has 2 aliphatic rings. The molecule has 1 aromatic carbocycles. The topological polar surface area (TPSA) is 76.2 Å². The van der Waals surface area contributed by atoms with E-state index >= 15 is 0 Å². The fourth-order valence-corrected chi connectivity index (χ4v) is 3.46. The smallest absolute Gasteiger partial charge is 0.417 e. The third kappa shape index (κ3) is 3.37. The lowest BCUT2D eigenvalue weighted by molar-refractivity contribution is -0.383. The molecule has 0 saturated carbocycles. The molecule has 0 aliphatic carbocycles. The van der Waals surface area contributed by atoms with Crippen LogP contribution < -0.4 is 9.73 Å². The Hall–Kier alpha value is -2.96. The number of methoxy groups -OCH3 is 1. The van der Waals surface area contributed by atoms with Crippen LogP contribution in [-0.4, -0.2) is 61.0 Å². The number of carbonyl (C=O) groups excluding carboxylic acids is 2. The van der Waals surface area contributed by atoms with E-state index in [2.05, 4.69) is 4.99 Å². The summed E-state index contributed by atoms with van der Waals surface area (Å²) in [4.78, 5) is 35.6. The number of allylic oxidation sites excluding steroid dienone is 1. The lowest BCUT2D eigenvalue weighted by Gasteiger charge is -2.32. The first kappa shape index (κ1) is 18.8. The maximum absolute atomic E-state index is 12.8. The maximum atomic E-state index is 12.8. The Morgan fingerprint density at radius 2 is 1.93 bits per heavy atom.